The molecule has 0 saturated heterocycles. The molecular weight excluding hydrogens is 196 g/mol. The minimum atomic E-state index is -0.448. The van der Waals surface area contributed by atoms with E-state index < -0.39 is 6.10 Å². The van der Waals surface area contributed by atoms with Crippen LogP contribution in [0.3, 0.4) is 0 Å². The van der Waals surface area contributed by atoms with Crippen molar-refractivity contribution in [3.05, 3.63) is 21.9 Å². The van der Waals surface area contributed by atoms with Gasteiger partial charge in [0.05, 0.1) is 6.61 Å². The summed E-state index contributed by atoms with van der Waals surface area (Å²) in [6.07, 6.45) is 1.53. The maximum absolute atomic E-state index is 9.83. The van der Waals surface area contributed by atoms with Crippen LogP contribution >= 0.6 is 11.3 Å². The zero-order valence-electron chi connectivity index (χ0n) is 8.82. The minimum absolute atomic E-state index is 0.418. The molecule has 0 bridgehead atoms. The van der Waals surface area contributed by atoms with Gasteiger partial charge in [-0.1, -0.05) is 13.8 Å². The van der Waals surface area contributed by atoms with Crippen molar-refractivity contribution in [2.45, 2.75) is 32.8 Å². The number of aryl methyl sites for hydroxylation is 1. The van der Waals surface area contributed by atoms with E-state index >= 15 is 0 Å². The summed E-state index contributed by atoms with van der Waals surface area (Å²) in [7, 11) is 0. The van der Waals surface area contributed by atoms with Crippen molar-refractivity contribution >= 4 is 11.3 Å². The Morgan fingerprint density at radius 2 is 2.29 bits per heavy atom. The number of aliphatic hydroxyl groups excluding tert-OH is 1. The lowest BCUT2D eigenvalue weighted by molar-refractivity contribution is 0.0378. The average Bonchev–Trinajstić information content (AvgIpc) is 2.65. The SMILES string of the molecule is CCCOCC(O)c1sccc1CC. The molecule has 0 radical (unpaired) electrons. The van der Waals surface area contributed by atoms with Crippen LogP contribution in [0.4, 0.5) is 0 Å². The summed E-state index contributed by atoms with van der Waals surface area (Å²) in [6.45, 7) is 5.31. The van der Waals surface area contributed by atoms with Gasteiger partial charge in [0.1, 0.15) is 6.10 Å². The van der Waals surface area contributed by atoms with Gasteiger partial charge >= 0.3 is 0 Å². The Labute approximate surface area is 89.5 Å². The van der Waals surface area contributed by atoms with Gasteiger partial charge in [0.15, 0.2) is 0 Å². The molecule has 2 nitrogen and oxygen atoms in total. The molecule has 1 N–H and O–H groups in total. The molecule has 0 saturated carbocycles. The molecule has 0 spiro atoms. The summed E-state index contributed by atoms with van der Waals surface area (Å²) < 4.78 is 5.32. The number of hydrogen-bond donors (Lipinski definition) is 1. The summed E-state index contributed by atoms with van der Waals surface area (Å²) in [5.41, 5.74) is 1.24. The lowest BCUT2D eigenvalue weighted by atomic mass is 10.1. The number of rotatable bonds is 6. The average molecular weight is 214 g/mol. The fourth-order valence-electron chi connectivity index (χ4n) is 1.35. The van der Waals surface area contributed by atoms with Crippen LogP contribution in [0.5, 0.6) is 0 Å². The molecule has 1 aromatic rings. The molecule has 0 aliphatic rings. The van der Waals surface area contributed by atoms with Crippen molar-refractivity contribution in [1.82, 2.24) is 0 Å². The van der Waals surface area contributed by atoms with Gasteiger partial charge in [-0.25, -0.2) is 0 Å². The minimum Gasteiger partial charge on any atom is -0.385 e. The molecule has 1 heterocycles. The fourth-order valence-corrected chi connectivity index (χ4v) is 2.31. The Kier molecular flexibility index (Phi) is 5.15. The summed E-state index contributed by atoms with van der Waals surface area (Å²) in [5, 5.41) is 11.9. The predicted molar refractivity (Wildman–Crippen MR) is 59.8 cm³/mol. The largest absolute Gasteiger partial charge is 0.385 e. The summed E-state index contributed by atoms with van der Waals surface area (Å²) in [5.74, 6) is 0. The molecule has 0 aromatic carbocycles. The van der Waals surface area contributed by atoms with Crippen LogP contribution in [0.15, 0.2) is 11.4 Å². The zero-order valence-corrected chi connectivity index (χ0v) is 9.64. The van der Waals surface area contributed by atoms with Crippen molar-refractivity contribution in [3.8, 4) is 0 Å². The zero-order chi connectivity index (χ0) is 10.4. The second-order valence-electron chi connectivity index (χ2n) is 3.25. The van der Waals surface area contributed by atoms with E-state index in [-0.39, 0.29) is 0 Å². The predicted octanol–water partition coefficient (Wildman–Crippen LogP) is 2.77. The maximum atomic E-state index is 9.83. The van der Waals surface area contributed by atoms with Gasteiger partial charge in [-0.15, -0.1) is 11.3 Å². The van der Waals surface area contributed by atoms with E-state index in [1.165, 1.54) is 5.56 Å². The first kappa shape index (κ1) is 11.7. The Morgan fingerprint density at radius 3 is 2.93 bits per heavy atom. The van der Waals surface area contributed by atoms with Gasteiger partial charge in [-0.3, -0.25) is 0 Å². The maximum Gasteiger partial charge on any atom is 0.112 e. The monoisotopic (exact) mass is 214 g/mol. The van der Waals surface area contributed by atoms with Crippen LogP contribution < -0.4 is 0 Å². The molecular formula is C11H18O2S. The normalized spacial score (nSPS) is 13.1. The van der Waals surface area contributed by atoms with Crippen LogP contribution in [-0.2, 0) is 11.2 Å². The standard InChI is InChI=1S/C11H18O2S/c1-3-6-13-8-10(12)11-9(4-2)5-7-14-11/h5,7,10,12H,3-4,6,8H2,1-2H3. The molecule has 1 rings (SSSR count). The van der Waals surface area contributed by atoms with Crippen molar-refractivity contribution < 1.29 is 9.84 Å². The first-order chi connectivity index (χ1) is 6.79. The Morgan fingerprint density at radius 1 is 1.50 bits per heavy atom. The highest BCUT2D eigenvalue weighted by Gasteiger charge is 2.12. The molecule has 0 fully saturated rings. The lowest BCUT2D eigenvalue weighted by Crippen LogP contribution is -2.07. The summed E-state index contributed by atoms with van der Waals surface area (Å²) >= 11 is 1.61. The van der Waals surface area contributed by atoms with Crippen LogP contribution in [-0.4, -0.2) is 18.3 Å². The van der Waals surface area contributed by atoms with Crippen LogP contribution in [0.2, 0.25) is 0 Å². The third kappa shape index (κ3) is 3.08. The second kappa shape index (κ2) is 6.17. The van der Waals surface area contributed by atoms with Crippen molar-refractivity contribution in [1.29, 1.82) is 0 Å². The Hall–Kier alpha value is -0.380. The lowest BCUT2D eigenvalue weighted by Gasteiger charge is -2.10. The van der Waals surface area contributed by atoms with Crippen molar-refractivity contribution in [2.24, 2.45) is 0 Å². The third-order valence-electron chi connectivity index (χ3n) is 2.09. The van der Waals surface area contributed by atoms with E-state index in [1.807, 2.05) is 5.38 Å². The van der Waals surface area contributed by atoms with Gasteiger partial charge in [0.25, 0.3) is 0 Å². The first-order valence-electron chi connectivity index (χ1n) is 5.11. The van der Waals surface area contributed by atoms with Gasteiger partial charge in [0, 0.05) is 11.5 Å². The summed E-state index contributed by atoms with van der Waals surface area (Å²) in [6, 6.07) is 2.07. The van der Waals surface area contributed by atoms with Crippen LogP contribution in [0.25, 0.3) is 0 Å². The topological polar surface area (TPSA) is 29.5 Å². The second-order valence-corrected chi connectivity index (χ2v) is 4.20. The molecule has 1 unspecified atom stereocenters. The van der Waals surface area contributed by atoms with Gasteiger partial charge in [0.2, 0.25) is 0 Å². The van der Waals surface area contributed by atoms with Crippen molar-refractivity contribution in [2.75, 3.05) is 13.2 Å². The molecule has 0 aliphatic carbocycles. The fraction of sp³-hybridized carbons (Fsp3) is 0.636. The Bertz CT molecular complexity index is 258. The van der Waals surface area contributed by atoms with Gasteiger partial charge < -0.3 is 9.84 Å². The number of aliphatic hydroxyl groups is 1. The van der Waals surface area contributed by atoms with Crippen molar-refractivity contribution in [3.63, 3.8) is 0 Å². The van der Waals surface area contributed by atoms with Gasteiger partial charge in [-0.2, -0.15) is 0 Å². The smallest absolute Gasteiger partial charge is 0.112 e. The molecule has 80 valence electrons. The van der Waals surface area contributed by atoms with E-state index in [2.05, 4.69) is 19.9 Å². The van der Waals surface area contributed by atoms with E-state index in [4.69, 9.17) is 4.74 Å². The molecule has 14 heavy (non-hydrogen) atoms. The van der Waals surface area contributed by atoms with E-state index in [0.29, 0.717) is 6.61 Å². The summed E-state index contributed by atoms with van der Waals surface area (Å²) in [4.78, 5) is 1.06. The molecule has 0 aliphatic heterocycles. The number of ether oxygens (including phenoxy) is 1. The molecule has 1 aromatic heterocycles. The first-order valence-corrected chi connectivity index (χ1v) is 5.99. The third-order valence-corrected chi connectivity index (χ3v) is 3.15. The highest BCUT2D eigenvalue weighted by atomic mass is 32.1. The van der Waals surface area contributed by atoms with E-state index in [9.17, 15) is 5.11 Å². The van der Waals surface area contributed by atoms with Crippen LogP contribution in [0.1, 0.15) is 36.8 Å². The molecule has 1 atom stereocenters. The number of hydrogen-bond acceptors (Lipinski definition) is 3. The number of thiophene rings is 1. The van der Waals surface area contributed by atoms with E-state index in [0.717, 1.165) is 24.3 Å². The molecule has 3 heteroatoms. The quantitative estimate of drug-likeness (QED) is 0.738. The Balaban J connectivity index is 2.47. The molecule has 0 amide bonds. The van der Waals surface area contributed by atoms with Gasteiger partial charge in [-0.05, 0) is 29.9 Å². The highest BCUT2D eigenvalue weighted by Crippen LogP contribution is 2.25. The highest BCUT2D eigenvalue weighted by molar-refractivity contribution is 7.10. The van der Waals surface area contributed by atoms with E-state index in [1.54, 1.807) is 11.3 Å². The van der Waals surface area contributed by atoms with Crippen LogP contribution in [0, 0.1) is 0 Å².